The van der Waals surface area contributed by atoms with Crippen molar-refractivity contribution in [3.8, 4) is 0 Å². The van der Waals surface area contributed by atoms with E-state index in [1.807, 2.05) is 0 Å². The number of nitrogens with one attached hydrogen (secondary N) is 3. The van der Waals surface area contributed by atoms with E-state index in [1.165, 1.54) is 7.05 Å². The van der Waals surface area contributed by atoms with Gasteiger partial charge in [0.15, 0.2) is 5.69 Å². The Morgan fingerprint density at radius 2 is 2.32 bits per heavy atom. The summed E-state index contributed by atoms with van der Waals surface area (Å²) >= 11 is 0. The van der Waals surface area contributed by atoms with Gasteiger partial charge in [0, 0.05) is 19.6 Å². The molecule has 3 N–H and O–H groups in total. The van der Waals surface area contributed by atoms with Crippen molar-refractivity contribution in [1.29, 1.82) is 0 Å². The van der Waals surface area contributed by atoms with E-state index in [1.54, 1.807) is 10.9 Å². The van der Waals surface area contributed by atoms with Crippen molar-refractivity contribution in [2.45, 2.75) is 6.04 Å². The average Bonchev–Trinajstić information content (AvgIpc) is 2.76. The van der Waals surface area contributed by atoms with Gasteiger partial charge in [0.25, 0.3) is 5.91 Å². The molecule has 0 bridgehead atoms. The fourth-order valence-corrected chi connectivity index (χ4v) is 2.09. The highest BCUT2D eigenvalue weighted by Gasteiger charge is 2.21. The molecule has 0 atom stereocenters. The molecule has 1 aromatic heterocycles. The van der Waals surface area contributed by atoms with Gasteiger partial charge in [0.1, 0.15) is 0 Å². The molecule has 2 rings (SSSR count). The molecule has 1 amide bonds. The minimum atomic E-state index is -3.31. The zero-order valence-corrected chi connectivity index (χ0v) is 11.3. The topological polar surface area (TPSA) is 118 Å². The first-order valence-electron chi connectivity index (χ1n) is 5.84. The van der Waals surface area contributed by atoms with Crippen LogP contribution in [0.15, 0.2) is 6.20 Å². The summed E-state index contributed by atoms with van der Waals surface area (Å²) < 4.78 is 26.1. The van der Waals surface area contributed by atoms with Crippen LogP contribution in [0.5, 0.6) is 0 Å². The van der Waals surface area contributed by atoms with Gasteiger partial charge in [0.05, 0.1) is 18.0 Å². The second-order valence-electron chi connectivity index (χ2n) is 4.17. The van der Waals surface area contributed by atoms with Crippen molar-refractivity contribution in [3.05, 3.63) is 11.9 Å². The molecule has 1 aliphatic rings. The fraction of sp³-hybridized carbons (Fsp3) is 0.667. The molecule has 10 heteroatoms. The normalized spacial score (nSPS) is 16.1. The summed E-state index contributed by atoms with van der Waals surface area (Å²) in [5, 5.41) is 13.2. The first-order valence-corrected chi connectivity index (χ1v) is 7.49. The number of carbonyl (C=O) groups is 1. The van der Waals surface area contributed by atoms with Crippen LogP contribution in [-0.2, 0) is 10.0 Å². The van der Waals surface area contributed by atoms with Gasteiger partial charge in [-0.05, 0) is 7.05 Å². The highest BCUT2D eigenvalue weighted by molar-refractivity contribution is 7.89. The third kappa shape index (κ3) is 3.49. The van der Waals surface area contributed by atoms with Crippen LogP contribution in [0.1, 0.15) is 16.5 Å². The molecule has 0 spiro atoms. The number of rotatable bonds is 6. The van der Waals surface area contributed by atoms with Gasteiger partial charge < -0.3 is 10.6 Å². The maximum atomic E-state index is 11.7. The molecular formula is C9H16N6O3S. The third-order valence-electron chi connectivity index (χ3n) is 2.84. The Balaban J connectivity index is 1.84. The van der Waals surface area contributed by atoms with Crippen molar-refractivity contribution < 1.29 is 13.2 Å². The Morgan fingerprint density at radius 1 is 1.58 bits per heavy atom. The largest absolute Gasteiger partial charge is 0.350 e. The lowest BCUT2D eigenvalue weighted by molar-refractivity contribution is 0.0951. The van der Waals surface area contributed by atoms with Crippen LogP contribution < -0.4 is 15.4 Å². The molecule has 2 heterocycles. The van der Waals surface area contributed by atoms with Gasteiger partial charge in [-0.1, -0.05) is 5.21 Å². The van der Waals surface area contributed by atoms with Crippen LogP contribution in [-0.4, -0.2) is 61.8 Å². The predicted octanol–water partition coefficient (Wildman–Crippen LogP) is -2.30. The molecule has 0 unspecified atom stereocenters. The average molecular weight is 288 g/mol. The zero-order valence-electron chi connectivity index (χ0n) is 10.5. The number of carbonyl (C=O) groups excluding carboxylic acids is 1. The summed E-state index contributed by atoms with van der Waals surface area (Å²) in [4.78, 5) is 11.7. The minimum Gasteiger partial charge on any atom is -0.350 e. The van der Waals surface area contributed by atoms with E-state index >= 15 is 0 Å². The van der Waals surface area contributed by atoms with Crippen molar-refractivity contribution >= 4 is 15.9 Å². The van der Waals surface area contributed by atoms with E-state index in [0.717, 1.165) is 13.1 Å². The highest BCUT2D eigenvalue weighted by Crippen LogP contribution is 2.09. The molecule has 106 valence electrons. The maximum absolute atomic E-state index is 11.7. The molecule has 1 fully saturated rings. The number of hydrogen-bond donors (Lipinski definition) is 3. The summed E-state index contributed by atoms with van der Waals surface area (Å²) in [7, 11) is -1.99. The van der Waals surface area contributed by atoms with Gasteiger partial charge in [-0.15, -0.1) is 5.10 Å². The molecule has 1 aliphatic heterocycles. The fourth-order valence-electron chi connectivity index (χ4n) is 1.51. The lowest BCUT2D eigenvalue weighted by atomic mass is 10.2. The lowest BCUT2D eigenvalue weighted by Gasteiger charge is -2.26. The van der Waals surface area contributed by atoms with Gasteiger partial charge in [0.2, 0.25) is 10.0 Å². The molecular weight excluding hydrogens is 272 g/mol. The summed E-state index contributed by atoms with van der Waals surface area (Å²) in [5.74, 6) is -0.597. The summed E-state index contributed by atoms with van der Waals surface area (Å²) in [6, 6.07) is 0.235. The first kappa shape index (κ1) is 13.9. The number of sulfonamides is 1. The molecule has 1 saturated heterocycles. The molecule has 19 heavy (non-hydrogen) atoms. The molecule has 0 aliphatic carbocycles. The second-order valence-corrected chi connectivity index (χ2v) is 6.22. The first-order chi connectivity index (χ1) is 9.02. The van der Waals surface area contributed by atoms with Gasteiger partial charge >= 0.3 is 0 Å². The Labute approximate surface area is 110 Å². The van der Waals surface area contributed by atoms with Crippen LogP contribution in [0.2, 0.25) is 0 Å². The SMILES string of the molecule is CNS(=O)(=O)CCNC(=O)c1cn(C2CNC2)nn1. The van der Waals surface area contributed by atoms with Gasteiger partial charge in [-0.25, -0.2) is 17.8 Å². The summed E-state index contributed by atoms with van der Waals surface area (Å²) in [6.45, 7) is 1.65. The Morgan fingerprint density at radius 3 is 2.89 bits per heavy atom. The van der Waals surface area contributed by atoms with E-state index in [-0.39, 0.29) is 24.0 Å². The van der Waals surface area contributed by atoms with Gasteiger partial charge in [-0.3, -0.25) is 4.79 Å². The van der Waals surface area contributed by atoms with Crippen LogP contribution in [0, 0.1) is 0 Å². The third-order valence-corrected chi connectivity index (χ3v) is 4.21. The van der Waals surface area contributed by atoms with Crippen LogP contribution in [0.25, 0.3) is 0 Å². The summed E-state index contributed by atoms with van der Waals surface area (Å²) in [6.07, 6.45) is 1.56. The molecule has 0 aromatic carbocycles. The van der Waals surface area contributed by atoms with Crippen molar-refractivity contribution in [3.63, 3.8) is 0 Å². The molecule has 1 aromatic rings. The maximum Gasteiger partial charge on any atom is 0.273 e. The van der Waals surface area contributed by atoms with Crippen molar-refractivity contribution in [2.24, 2.45) is 0 Å². The van der Waals surface area contributed by atoms with E-state index in [2.05, 4.69) is 25.7 Å². The van der Waals surface area contributed by atoms with Crippen molar-refractivity contribution in [2.75, 3.05) is 32.4 Å². The van der Waals surface area contributed by atoms with Crippen LogP contribution in [0.3, 0.4) is 0 Å². The number of nitrogens with zero attached hydrogens (tertiary/aromatic N) is 3. The van der Waals surface area contributed by atoms with E-state index in [0.29, 0.717) is 0 Å². The Bertz CT molecular complexity index is 550. The Hall–Kier alpha value is -1.52. The quantitative estimate of drug-likeness (QED) is 0.542. The smallest absolute Gasteiger partial charge is 0.273 e. The predicted molar refractivity (Wildman–Crippen MR) is 67.1 cm³/mol. The van der Waals surface area contributed by atoms with Crippen molar-refractivity contribution in [1.82, 2.24) is 30.3 Å². The zero-order chi connectivity index (χ0) is 13.9. The standard InChI is InChI=1S/C9H16N6O3S/c1-10-19(17,18)3-2-12-9(16)8-6-15(14-13-8)7-4-11-5-7/h6-7,10-11H,2-5H2,1H3,(H,12,16). The van der Waals surface area contributed by atoms with Crippen LogP contribution in [0.4, 0.5) is 0 Å². The number of aromatic nitrogens is 3. The minimum absolute atomic E-state index is 0.0276. The molecule has 0 radical (unpaired) electrons. The second kappa shape index (κ2) is 5.63. The lowest BCUT2D eigenvalue weighted by Crippen LogP contribution is -2.43. The highest BCUT2D eigenvalue weighted by atomic mass is 32.2. The monoisotopic (exact) mass is 288 g/mol. The van der Waals surface area contributed by atoms with Crippen LogP contribution >= 0.6 is 0 Å². The van der Waals surface area contributed by atoms with Gasteiger partial charge in [-0.2, -0.15) is 0 Å². The van der Waals surface area contributed by atoms with E-state index in [4.69, 9.17) is 0 Å². The summed E-state index contributed by atoms with van der Waals surface area (Å²) in [5.41, 5.74) is 0.189. The van der Waals surface area contributed by atoms with E-state index < -0.39 is 15.9 Å². The van der Waals surface area contributed by atoms with E-state index in [9.17, 15) is 13.2 Å². The molecule has 9 nitrogen and oxygen atoms in total. The number of hydrogen-bond acceptors (Lipinski definition) is 6. The molecule has 0 saturated carbocycles. The number of amides is 1. The Kier molecular flexibility index (Phi) is 4.12.